The number of halogens is 3. The zero-order valence-corrected chi connectivity index (χ0v) is 22.2. The quantitative estimate of drug-likeness (QED) is 0.281. The predicted octanol–water partition coefficient (Wildman–Crippen LogP) is 6.56. The van der Waals surface area contributed by atoms with Crippen molar-refractivity contribution in [3.63, 3.8) is 0 Å². The van der Waals surface area contributed by atoms with E-state index in [0.29, 0.717) is 17.0 Å². The smallest absolute Gasteiger partial charge is 0.481 e. The second-order valence-electron chi connectivity index (χ2n) is 9.32. The molecule has 1 aliphatic rings. The summed E-state index contributed by atoms with van der Waals surface area (Å²) in [7, 11) is 0. The van der Waals surface area contributed by atoms with Crippen LogP contribution in [-0.2, 0) is 16.1 Å². The Balaban J connectivity index is 1.54. The van der Waals surface area contributed by atoms with Gasteiger partial charge in [-0.2, -0.15) is 0 Å². The number of nitrogens with zero attached hydrogens (tertiary/aromatic N) is 1. The van der Waals surface area contributed by atoms with Gasteiger partial charge in [0.25, 0.3) is 5.91 Å². The third-order valence-electron chi connectivity index (χ3n) is 6.25. The number of carboxylic acid groups (broad SMARTS) is 1. The lowest BCUT2D eigenvalue weighted by molar-refractivity contribution is -0.274. The van der Waals surface area contributed by atoms with Crippen LogP contribution < -0.4 is 15.0 Å². The minimum Gasteiger partial charge on any atom is -0.481 e. The molecule has 3 aromatic carbocycles. The van der Waals surface area contributed by atoms with E-state index in [4.69, 9.17) is 9.84 Å². The second-order valence-corrected chi connectivity index (χ2v) is 9.32. The van der Waals surface area contributed by atoms with Gasteiger partial charge in [0, 0.05) is 23.7 Å². The number of alkyl halides is 3. The minimum absolute atomic E-state index is 0.00699. The average molecular weight is 581 g/mol. The number of carboxylic acids is 1. The zero-order chi connectivity index (χ0) is 30.1. The van der Waals surface area contributed by atoms with Crippen LogP contribution in [-0.4, -0.2) is 36.0 Å². The summed E-state index contributed by atoms with van der Waals surface area (Å²) in [5, 5.41) is 11.3. The van der Waals surface area contributed by atoms with Gasteiger partial charge in [-0.05, 0) is 66.1 Å². The van der Waals surface area contributed by atoms with Gasteiger partial charge in [0.1, 0.15) is 11.5 Å². The number of ether oxygens (including phenoxy) is 2. The molecule has 0 aromatic heterocycles. The van der Waals surface area contributed by atoms with Gasteiger partial charge in [0.15, 0.2) is 0 Å². The first-order chi connectivity index (χ1) is 20.1. The lowest BCUT2D eigenvalue weighted by Gasteiger charge is -2.24. The van der Waals surface area contributed by atoms with Gasteiger partial charge in [-0.3, -0.25) is 14.5 Å². The molecular weight excluding hydrogens is 553 g/mol. The van der Waals surface area contributed by atoms with Crippen LogP contribution in [0, 0.1) is 0 Å². The summed E-state index contributed by atoms with van der Waals surface area (Å²) in [5.41, 5.74) is 2.16. The van der Waals surface area contributed by atoms with Crippen molar-refractivity contribution in [3.8, 4) is 5.75 Å². The first-order valence-corrected chi connectivity index (χ1v) is 12.9. The fraction of sp³-hybridized carbons (Fsp3) is 0.194. The second kappa shape index (κ2) is 13.5. The molecule has 0 saturated carbocycles. The molecule has 0 aliphatic heterocycles. The normalized spacial score (nSPS) is 14.5. The molecule has 1 atom stereocenters. The number of benzene rings is 3. The number of nitrogens with one attached hydrogen (secondary N) is 1. The number of carbonyl (C=O) groups excluding carboxylic acids is 2. The monoisotopic (exact) mass is 580 g/mol. The van der Waals surface area contributed by atoms with Crippen molar-refractivity contribution in [2.75, 3.05) is 11.4 Å². The number of hydrogen-bond donors (Lipinski definition) is 2. The molecule has 1 aliphatic carbocycles. The Morgan fingerprint density at radius 3 is 2.29 bits per heavy atom. The first-order valence-electron chi connectivity index (χ1n) is 12.9. The molecule has 0 heterocycles. The lowest BCUT2D eigenvalue weighted by atomic mass is 9.92. The highest BCUT2D eigenvalue weighted by Crippen LogP contribution is 2.29. The van der Waals surface area contributed by atoms with Gasteiger partial charge in [0.2, 0.25) is 0 Å². The van der Waals surface area contributed by atoms with Gasteiger partial charge in [-0.1, -0.05) is 48.5 Å². The molecule has 0 fully saturated rings. The molecule has 8 nitrogen and oxygen atoms in total. The van der Waals surface area contributed by atoms with E-state index >= 15 is 0 Å². The maximum Gasteiger partial charge on any atom is 0.573 e. The Kier molecular flexibility index (Phi) is 9.64. The van der Waals surface area contributed by atoms with Crippen LogP contribution in [0.15, 0.2) is 103 Å². The number of hydrogen-bond acceptors (Lipinski definition) is 5. The average Bonchev–Trinajstić information content (AvgIpc) is 2.96. The SMILES string of the molecule is O=C(O)CCNC(=O)c1ccc(N(Cc2ccc(OC(F)(F)F)cc2)C(=O)OC2=CC(c3ccccc3)CC=C2)cc1. The molecule has 0 bridgehead atoms. The fourth-order valence-electron chi connectivity index (χ4n) is 4.23. The summed E-state index contributed by atoms with van der Waals surface area (Å²) in [6.45, 7) is -0.108. The number of allylic oxidation sites excluding steroid dienone is 3. The number of anilines is 1. The molecule has 4 rings (SSSR count). The molecule has 0 radical (unpaired) electrons. The van der Waals surface area contributed by atoms with Crippen molar-refractivity contribution >= 4 is 23.7 Å². The molecule has 0 saturated heterocycles. The molecule has 42 heavy (non-hydrogen) atoms. The number of amides is 2. The van der Waals surface area contributed by atoms with Crippen molar-refractivity contribution in [2.45, 2.75) is 31.7 Å². The predicted molar refractivity (Wildman–Crippen MR) is 148 cm³/mol. The van der Waals surface area contributed by atoms with Crippen molar-refractivity contribution in [3.05, 3.63) is 120 Å². The summed E-state index contributed by atoms with van der Waals surface area (Å²) in [6, 6.07) is 20.8. The van der Waals surface area contributed by atoms with Gasteiger partial charge in [0.05, 0.1) is 13.0 Å². The molecule has 2 N–H and O–H groups in total. The Labute approximate surface area is 239 Å². The third-order valence-corrected chi connectivity index (χ3v) is 6.25. The van der Waals surface area contributed by atoms with Gasteiger partial charge in [-0.15, -0.1) is 13.2 Å². The molecule has 11 heteroatoms. The van der Waals surface area contributed by atoms with E-state index in [1.165, 1.54) is 41.3 Å². The van der Waals surface area contributed by atoms with Crippen molar-refractivity contribution in [1.82, 2.24) is 5.32 Å². The van der Waals surface area contributed by atoms with Crippen LogP contribution in [0.2, 0.25) is 0 Å². The minimum atomic E-state index is -4.84. The van der Waals surface area contributed by atoms with E-state index in [1.54, 1.807) is 6.08 Å². The summed E-state index contributed by atoms with van der Waals surface area (Å²) in [6.07, 6.45) is 0.374. The topological polar surface area (TPSA) is 105 Å². The summed E-state index contributed by atoms with van der Waals surface area (Å²) < 4.78 is 47.4. The summed E-state index contributed by atoms with van der Waals surface area (Å²) >= 11 is 0. The van der Waals surface area contributed by atoms with Crippen LogP contribution in [0.25, 0.3) is 0 Å². The van der Waals surface area contributed by atoms with E-state index < -0.39 is 30.1 Å². The highest BCUT2D eigenvalue weighted by molar-refractivity contribution is 5.95. The van der Waals surface area contributed by atoms with E-state index in [1.807, 2.05) is 42.5 Å². The Morgan fingerprint density at radius 2 is 1.64 bits per heavy atom. The van der Waals surface area contributed by atoms with Crippen LogP contribution in [0.3, 0.4) is 0 Å². The van der Waals surface area contributed by atoms with E-state index in [0.717, 1.165) is 24.1 Å². The maximum absolute atomic E-state index is 13.5. The molecular formula is C31H27F3N2O6. The first kappa shape index (κ1) is 29.9. The van der Waals surface area contributed by atoms with Crippen molar-refractivity contribution in [1.29, 1.82) is 0 Å². The van der Waals surface area contributed by atoms with E-state index in [-0.39, 0.29) is 31.0 Å². The van der Waals surface area contributed by atoms with E-state index in [9.17, 15) is 27.6 Å². The summed E-state index contributed by atoms with van der Waals surface area (Å²) in [4.78, 5) is 37.8. The van der Waals surface area contributed by atoms with Gasteiger partial charge >= 0.3 is 18.4 Å². The molecule has 1 unspecified atom stereocenters. The highest BCUT2D eigenvalue weighted by atomic mass is 19.4. The Bertz CT molecular complexity index is 1450. The van der Waals surface area contributed by atoms with Crippen molar-refractivity contribution < 1.29 is 42.1 Å². The van der Waals surface area contributed by atoms with Gasteiger partial charge in [-0.25, -0.2) is 4.79 Å². The van der Waals surface area contributed by atoms with Crippen LogP contribution in [0.4, 0.5) is 23.7 Å². The molecule has 218 valence electrons. The highest BCUT2D eigenvalue weighted by Gasteiger charge is 2.31. The van der Waals surface area contributed by atoms with Crippen molar-refractivity contribution in [2.24, 2.45) is 0 Å². The van der Waals surface area contributed by atoms with Crippen LogP contribution in [0.1, 0.15) is 40.2 Å². The fourth-order valence-corrected chi connectivity index (χ4v) is 4.23. The molecule has 3 aromatic rings. The largest absolute Gasteiger partial charge is 0.573 e. The summed E-state index contributed by atoms with van der Waals surface area (Å²) in [5.74, 6) is -1.58. The van der Waals surface area contributed by atoms with Crippen LogP contribution in [0.5, 0.6) is 5.75 Å². The maximum atomic E-state index is 13.5. The number of rotatable bonds is 10. The third kappa shape index (κ3) is 8.72. The van der Waals surface area contributed by atoms with Crippen LogP contribution >= 0.6 is 0 Å². The molecule has 0 spiro atoms. The zero-order valence-electron chi connectivity index (χ0n) is 22.2. The lowest BCUT2D eigenvalue weighted by Crippen LogP contribution is -2.31. The number of carbonyl (C=O) groups is 3. The molecule has 2 amide bonds. The standard InChI is InChI=1S/C31H27F3N2O6/c32-31(33,34)42-26-15-9-21(10-16-26)20-36(25-13-11-23(12-14-25)29(39)35-18-17-28(37)38)30(40)41-27-8-4-7-24(19-27)22-5-2-1-3-6-22/h1-6,8-16,19,24H,7,17-18,20H2,(H,35,39)(H,37,38). The Hall–Kier alpha value is -5.06. The van der Waals surface area contributed by atoms with Gasteiger partial charge < -0.3 is 19.9 Å². The number of aliphatic carboxylic acids is 1. The van der Waals surface area contributed by atoms with E-state index in [2.05, 4.69) is 10.1 Å². The Morgan fingerprint density at radius 1 is 0.952 bits per heavy atom.